The van der Waals surface area contributed by atoms with Gasteiger partial charge < -0.3 is 35.7 Å². The van der Waals surface area contributed by atoms with Crippen LogP contribution in [0.5, 0.6) is 0 Å². The van der Waals surface area contributed by atoms with Gasteiger partial charge in [-0.2, -0.15) is 0 Å². The summed E-state index contributed by atoms with van der Waals surface area (Å²) in [5.74, 6) is 3.73. The number of allylic oxidation sites excluding steroid dienone is 1. The largest absolute Gasteiger partial charge is 0.479 e. The molecular weight excluding hydrogens is 524 g/mol. The molecule has 0 bridgehead atoms. The van der Waals surface area contributed by atoms with E-state index >= 15 is 0 Å². The van der Waals surface area contributed by atoms with Crippen molar-refractivity contribution < 1.29 is 40.5 Å². The van der Waals surface area contributed by atoms with Gasteiger partial charge in [0.1, 0.15) is 18.3 Å². The van der Waals surface area contributed by atoms with Crippen molar-refractivity contribution in [2.75, 3.05) is 6.61 Å². The third-order valence-corrected chi connectivity index (χ3v) is 11.8. The van der Waals surface area contributed by atoms with Crippen LogP contribution in [0.4, 0.5) is 0 Å². The maximum atomic E-state index is 10.2. The predicted molar refractivity (Wildman–Crippen MR) is 158 cm³/mol. The predicted octanol–water partition coefficient (Wildman–Crippen LogP) is 3.90. The van der Waals surface area contributed by atoms with Gasteiger partial charge in [0.05, 0.1) is 12.7 Å². The molecule has 8 heteroatoms. The maximum Gasteiger partial charge on any atom is 0.335 e. The van der Waals surface area contributed by atoms with Crippen molar-refractivity contribution in [2.24, 2.45) is 46.3 Å². The van der Waals surface area contributed by atoms with Gasteiger partial charge in [-0.25, -0.2) is 4.79 Å². The van der Waals surface area contributed by atoms with Gasteiger partial charge in [-0.15, -0.1) is 0 Å². The third kappa shape index (κ3) is 7.38. The Kier molecular flexibility index (Phi) is 11.9. The Morgan fingerprint density at radius 1 is 0.951 bits per heavy atom. The Bertz CT molecular complexity index is 890. The van der Waals surface area contributed by atoms with Gasteiger partial charge in [-0.1, -0.05) is 65.5 Å². The minimum Gasteiger partial charge on any atom is -0.479 e. The van der Waals surface area contributed by atoms with Crippen molar-refractivity contribution in [1.82, 2.24) is 0 Å². The molecule has 7 N–H and O–H groups in total. The summed E-state index contributed by atoms with van der Waals surface area (Å²) in [5, 5.41) is 62.0. The first-order valence-electron chi connectivity index (χ1n) is 16.1. The first-order chi connectivity index (χ1) is 19.2. The van der Waals surface area contributed by atoms with E-state index in [0.29, 0.717) is 10.8 Å². The lowest BCUT2D eigenvalue weighted by Crippen LogP contribution is -2.50. The van der Waals surface area contributed by atoms with Crippen LogP contribution in [0.2, 0.25) is 0 Å². The molecule has 12 atom stereocenters. The van der Waals surface area contributed by atoms with Gasteiger partial charge in [0.2, 0.25) is 0 Å². The lowest BCUT2D eigenvalue weighted by molar-refractivity contribution is -0.164. The highest BCUT2D eigenvalue weighted by Crippen LogP contribution is 2.67. The Morgan fingerprint density at radius 3 is 2.24 bits per heavy atom. The molecule has 4 aliphatic rings. The zero-order chi connectivity index (χ0) is 30.7. The van der Waals surface area contributed by atoms with E-state index in [1.165, 1.54) is 57.8 Å². The lowest BCUT2D eigenvalue weighted by atomic mass is 9.47. The molecule has 0 aromatic rings. The summed E-state index contributed by atoms with van der Waals surface area (Å²) in [6, 6.07) is 0. The monoisotopic (exact) mass is 582 g/mol. The van der Waals surface area contributed by atoms with Crippen LogP contribution in [0.3, 0.4) is 0 Å². The average molecular weight is 583 g/mol. The zero-order valence-electron chi connectivity index (χ0n) is 26.0. The second-order valence-corrected chi connectivity index (χ2v) is 14.7. The highest BCUT2D eigenvalue weighted by Gasteiger charge is 2.59. The number of carbonyl (C=O) groups is 1. The fourth-order valence-electron chi connectivity index (χ4n) is 9.33. The molecule has 3 saturated carbocycles. The summed E-state index contributed by atoms with van der Waals surface area (Å²) < 4.78 is 0. The molecule has 238 valence electrons. The molecule has 0 saturated heterocycles. The fraction of sp³-hybridized carbons (Fsp3) is 0.909. The lowest BCUT2D eigenvalue weighted by Gasteiger charge is -2.58. The van der Waals surface area contributed by atoms with Gasteiger partial charge in [-0.05, 0) is 97.7 Å². The number of carboxylic acids is 1. The summed E-state index contributed by atoms with van der Waals surface area (Å²) in [4.78, 5) is 10.1. The number of hydrogen-bond acceptors (Lipinski definition) is 7. The second kappa shape index (κ2) is 14.2. The average Bonchev–Trinajstić information content (AvgIpc) is 3.29. The van der Waals surface area contributed by atoms with Crippen molar-refractivity contribution in [1.29, 1.82) is 0 Å². The number of aliphatic carboxylic acids is 1. The summed E-state index contributed by atoms with van der Waals surface area (Å²) in [6.45, 7) is 11.7. The summed E-state index contributed by atoms with van der Waals surface area (Å²) in [6.07, 6.45) is 9.32. The van der Waals surface area contributed by atoms with Crippen molar-refractivity contribution in [3.63, 3.8) is 0 Å². The van der Waals surface area contributed by atoms with Crippen LogP contribution < -0.4 is 0 Å². The van der Waals surface area contributed by atoms with Crippen LogP contribution >= 0.6 is 0 Å². The van der Waals surface area contributed by atoms with Crippen molar-refractivity contribution in [3.8, 4) is 0 Å². The van der Waals surface area contributed by atoms with Gasteiger partial charge in [0, 0.05) is 0 Å². The van der Waals surface area contributed by atoms with E-state index in [9.17, 15) is 9.90 Å². The van der Waals surface area contributed by atoms with Crippen LogP contribution in [0.25, 0.3) is 0 Å². The second-order valence-electron chi connectivity index (χ2n) is 14.7. The molecule has 4 aliphatic carbocycles. The van der Waals surface area contributed by atoms with Gasteiger partial charge in [0.15, 0.2) is 6.10 Å². The molecule has 0 aliphatic heterocycles. The van der Waals surface area contributed by atoms with E-state index in [4.69, 9.17) is 30.6 Å². The van der Waals surface area contributed by atoms with Crippen LogP contribution in [0, 0.1) is 46.3 Å². The van der Waals surface area contributed by atoms with E-state index in [-0.39, 0.29) is 6.10 Å². The fourth-order valence-corrected chi connectivity index (χ4v) is 9.33. The van der Waals surface area contributed by atoms with E-state index in [2.05, 4.69) is 40.7 Å². The standard InChI is InChI=1S/C27H46O.C6H12O7/c1-18(2)7-6-8-19(3)23-11-12-24-22-10-9-20-17-21(28)13-15-26(20,4)25(22)14-16-27(23,24)5;7-1-2(8)3(9)4(10)5(11)6(12)13/h9,18-19,21-25,28H,6-8,10-17H2,1-5H3;2-5,7-11H,1H2,(H,12,13)/t19?,21-,22-,23+,24-,25-,26-,27+;/m0./s1. The minimum atomic E-state index is -2.20. The highest BCUT2D eigenvalue weighted by molar-refractivity contribution is 5.72. The Hall–Kier alpha value is -1.03. The van der Waals surface area contributed by atoms with Gasteiger partial charge >= 0.3 is 5.97 Å². The van der Waals surface area contributed by atoms with Crippen LogP contribution in [-0.2, 0) is 4.79 Å². The van der Waals surface area contributed by atoms with Crippen LogP contribution in [-0.4, -0.2) is 78.8 Å². The van der Waals surface area contributed by atoms with E-state index in [1.54, 1.807) is 5.57 Å². The topological polar surface area (TPSA) is 159 Å². The molecule has 0 radical (unpaired) electrons. The van der Waals surface area contributed by atoms with E-state index in [0.717, 1.165) is 48.3 Å². The summed E-state index contributed by atoms with van der Waals surface area (Å²) >= 11 is 0. The molecule has 5 unspecified atom stereocenters. The van der Waals surface area contributed by atoms with Gasteiger partial charge in [-0.3, -0.25) is 0 Å². The number of rotatable bonds is 10. The van der Waals surface area contributed by atoms with Gasteiger partial charge in [0.25, 0.3) is 0 Å². The third-order valence-electron chi connectivity index (χ3n) is 11.8. The SMILES string of the molecule is CC(C)CCCC(C)[C@H]1CC[C@H]2[C@@H]3CC=C4C[C@@H](O)CC[C@]4(C)[C@H]3CC[C@]12C.O=C(O)C(O)C(O)C(O)C(O)CO. The molecule has 3 fully saturated rings. The molecule has 0 heterocycles. The molecule has 41 heavy (non-hydrogen) atoms. The first-order valence-corrected chi connectivity index (χ1v) is 16.1. The molecule has 0 amide bonds. The zero-order valence-corrected chi connectivity index (χ0v) is 26.0. The summed E-state index contributed by atoms with van der Waals surface area (Å²) in [7, 11) is 0. The Labute approximate surface area is 246 Å². The molecular formula is C33H58O8. The van der Waals surface area contributed by atoms with Crippen molar-refractivity contribution in [2.45, 2.75) is 136 Å². The van der Waals surface area contributed by atoms with Crippen molar-refractivity contribution >= 4 is 5.97 Å². The van der Waals surface area contributed by atoms with E-state index in [1.807, 2.05) is 0 Å². The number of aliphatic hydroxyl groups is 6. The molecule has 0 aromatic heterocycles. The molecule has 0 spiro atoms. The number of hydrogen-bond donors (Lipinski definition) is 7. The number of carboxylic acid groups (broad SMARTS) is 1. The molecule has 0 aromatic carbocycles. The summed E-state index contributed by atoms with van der Waals surface area (Å²) in [5.41, 5.74) is 2.60. The molecule has 4 rings (SSSR count). The highest BCUT2D eigenvalue weighted by atomic mass is 16.4. The smallest absolute Gasteiger partial charge is 0.335 e. The first kappa shape index (κ1) is 34.5. The maximum absolute atomic E-state index is 10.2. The Morgan fingerprint density at radius 2 is 1.63 bits per heavy atom. The van der Waals surface area contributed by atoms with Crippen LogP contribution in [0.1, 0.15) is 105 Å². The number of aliphatic hydroxyl groups excluding tert-OH is 6. The molecule has 8 nitrogen and oxygen atoms in total. The normalized spacial score (nSPS) is 38.2. The van der Waals surface area contributed by atoms with Crippen LogP contribution in [0.15, 0.2) is 11.6 Å². The van der Waals surface area contributed by atoms with E-state index < -0.39 is 37.0 Å². The Balaban J connectivity index is 0.000000302. The quantitative estimate of drug-likeness (QED) is 0.191. The minimum absolute atomic E-state index is 0.0766. The number of fused-ring (bicyclic) bond motifs is 5. The van der Waals surface area contributed by atoms with Crippen molar-refractivity contribution in [3.05, 3.63) is 11.6 Å².